The zero-order valence-corrected chi connectivity index (χ0v) is 21.5. The van der Waals surface area contributed by atoms with Crippen LogP contribution in [0.5, 0.6) is 11.5 Å². The van der Waals surface area contributed by atoms with Gasteiger partial charge in [0.1, 0.15) is 23.0 Å². The van der Waals surface area contributed by atoms with E-state index in [9.17, 15) is 22.8 Å². The number of hydrogen-bond donors (Lipinski definition) is 4. The number of amides is 2. The Balaban J connectivity index is 1.45. The number of alkyl halides is 3. The second-order valence-electron chi connectivity index (χ2n) is 8.65. The lowest BCUT2D eigenvalue weighted by Gasteiger charge is -2.14. The number of nitrogens with one attached hydrogen (secondary N) is 4. The number of benzene rings is 2. The van der Waals surface area contributed by atoms with Crippen LogP contribution >= 0.6 is 0 Å². The number of likely N-dealkylation sites (N-methyl/N-ethyl adjacent to an activating group) is 1. The lowest BCUT2D eigenvalue weighted by Crippen LogP contribution is -2.31. The molecule has 1 aliphatic rings. The van der Waals surface area contributed by atoms with Crippen molar-refractivity contribution in [2.45, 2.75) is 6.18 Å². The molecule has 0 fully saturated rings. The Morgan fingerprint density at radius 2 is 1.90 bits per heavy atom. The van der Waals surface area contributed by atoms with Crippen LogP contribution in [0.25, 0.3) is 6.08 Å². The van der Waals surface area contributed by atoms with E-state index in [1.165, 1.54) is 12.2 Å². The summed E-state index contributed by atoms with van der Waals surface area (Å²) in [5, 5.41) is 11.0. The highest BCUT2D eigenvalue weighted by molar-refractivity contribution is 6.07. The molecule has 0 spiro atoms. The second-order valence-corrected chi connectivity index (χ2v) is 8.65. The summed E-state index contributed by atoms with van der Waals surface area (Å²) in [6.07, 6.45) is -0.283. The molecule has 0 bridgehead atoms. The van der Waals surface area contributed by atoms with Crippen LogP contribution < -0.4 is 26.0 Å². The number of carbonyl (C=O) groups excluding carboxylic acids is 2. The van der Waals surface area contributed by atoms with Crippen molar-refractivity contribution in [3.8, 4) is 11.5 Å². The number of rotatable bonds is 10. The number of aliphatic imine (C=N–C) groups is 1. The van der Waals surface area contributed by atoms with E-state index < -0.39 is 23.6 Å². The van der Waals surface area contributed by atoms with E-state index in [1.807, 2.05) is 0 Å². The number of halogens is 3. The SMILES string of the molecule is CNCCNC(=O)c1cc(C(F)(F)F)ccc1NC(=O)/C=C/c1cccc(Oc2ccnc(C3=NCCN3)c2)c1. The molecule has 2 amide bonds. The Bertz CT molecular complexity index is 1440. The number of ether oxygens (including phenoxy) is 1. The fourth-order valence-electron chi connectivity index (χ4n) is 3.75. The topological polar surface area (TPSA) is 117 Å². The van der Waals surface area contributed by atoms with Crippen molar-refractivity contribution < 1.29 is 27.5 Å². The molecule has 4 rings (SSSR count). The highest BCUT2D eigenvalue weighted by Crippen LogP contribution is 2.32. The van der Waals surface area contributed by atoms with Gasteiger partial charge in [-0.1, -0.05) is 12.1 Å². The maximum Gasteiger partial charge on any atom is 0.416 e. The summed E-state index contributed by atoms with van der Waals surface area (Å²) >= 11 is 0. The number of anilines is 1. The predicted octanol–water partition coefficient (Wildman–Crippen LogP) is 3.84. The number of pyridine rings is 1. The Labute approximate surface area is 228 Å². The molecule has 2 heterocycles. The van der Waals surface area contributed by atoms with Gasteiger partial charge in [-0.25, -0.2) is 0 Å². The van der Waals surface area contributed by atoms with Crippen LogP contribution in [0.15, 0.2) is 71.9 Å². The normalized spacial score (nSPS) is 13.1. The van der Waals surface area contributed by atoms with Crippen molar-refractivity contribution in [3.05, 3.63) is 89.3 Å². The van der Waals surface area contributed by atoms with Gasteiger partial charge in [0.25, 0.3) is 5.91 Å². The monoisotopic (exact) mass is 552 g/mol. The third kappa shape index (κ3) is 7.67. The third-order valence-electron chi connectivity index (χ3n) is 5.68. The minimum absolute atomic E-state index is 0.0449. The van der Waals surface area contributed by atoms with E-state index in [4.69, 9.17) is 4.74 Å². The molecule has 0 unspecified atom stereocenters. The molecule has 0 saturated carbocycles. The smallest absolute Gasteiger partial charge is 0.416 e. The fourth-order valence-corrected chi connectivity index (χ4v) is 3.75. The maximum atomic E-state index is 13.2. The Hall–Kier alpha value is -4.71. The first kappa shape index (κ1) is 28.3. The average molecular weight is 553 g/mol. The molecule has 208 valence electrons. The average Bonchev–Trinajstić information content (AvgIpc) is 3.47. The van der Waals surface area contributed by atoms with Gasteiger partial charge in [-0.2, -0.15) is 13.2 Å². The lowest BCUT2D eigenvalue weighted by molar-refractivity contribution is -0.137. The van der Waals surface area contributed by atoms with E-state index in [1.54, 1.807) is 49.6 Å². The zero-order valence-electron chi connectivity index (χ0n) is 21.5. The summed E-state index contributed by atoms with van der Waals surface area (Å²) < 4.78 is 45.7. The quantitative estimate of drug-likeness (QED) is 0.224. The van der Waals surface area contributed by atoms with Crippen LogP contribution in [0.1, 0.15) is 27.2 Å². The standard InChI is InChI=1S/C28H27F3N6O3/c1-32-11-12-36-27(39)22-16-19(28(29,30)31)6-7-23(22)37-25(38)8-5-18-3-2-4-20(15-18)40-21-9-10-33-24(17-21)26-34-13-14-35-26/h2-10,15-17,32H,11-14H2,1H3,(H,34,35)(H,36,39)(H,37,38)/b8-5+. The summed E-state index contributed by atoms with van der Waals surface area (Å²) in [6, 6.07) is 13.0. The lowest BCUT2D eigenvalue weighted by atomic mass is 10.1. The van der Waals surface area contributed by atoms with Crippen molar-refractivity contribution in [2.24, 2.45) is 4.99 Å². The van der Waals surface area contributed by atoms with Crippen molar-refractivity contribution in [2.75, 3.05) is 38.5 Å². The Kier molecular flexibility index (Phi) is 9.12. The molecule has 3 aromatic rings. The van der Waals surface area contributed by atoms with Gasteiger partial charge in [0.05, 0.1) is 23.4 Å². The first-order chi connectivity index (χ1) is 19.2. The van der Waals surface area contributed by atoms with Crippen LogP contribution in [-0.4, -0.2) is 55.9 Å². The maximum absolute atomic E-state index is 13.2. The first-order valence-electron chi connectivity index (χ1n) is 12.4. The molecule has 0 radical (unpaired) electrons. The molecule has 9 nitrogen and oxygen atoms in total. The van der Waals surface area contributed by atoms with Gasteiger partial charge in [-0.05, 0) is 55.1 Å². The van der Waals surface area contributed by atoms with Crippen molar-refractivity contribution in [1.29, 1.82) is 0 Å². The molecule has 0 atom stereocenters. The van der Waals surface area contributed by atoms with Gasteiger partial charge < -0.3 is 26.0 Å². The van der Waals surface area contributed by atoms with Crippen molar-refractivity contribution >= 4 is 29.4 Å². The van der Waals surface area contributed by atoms with Crippen LogP contribution in [0.2, 0.25) is 0 Å². The minimum Gasteiger partial charge on any atom is -0.457 e. The Morgan fingerprint density at radius 1 is 1.07 bits per heavy atom. The van der Waals surface area contributed by atoms with Crippen LogP contribution in [0.3, 0.4) is 0 Å². The summed E-state index contributed by atoms with van der Waals surface area (Å²) in [4.78, 5) is 33.8. The summed E-state index contributed by atoms with van der Waals surface area (Å²) in [5.41, 5.74) is -0.0252. The van der Waals surface area contributed by atoms with Gasteiger partial charge in [-0.3, -0.25) is 19.6 Å². The molecule has 40 heavy (non-hydrogen) atoms. The molecule has 1 aliphatic heterocycles. The first-order valence-corrected chi connectivity index (χ1v) is 12.4. The predicted molar refractivity (Wildman–Crippen MR) is 146 cm³/mol. The van der Waals surface area contributed by atoms with E-state index in [2.05, 4.69) is 31.2 Å². The van der Waals surface area contributed by atoms with Gasteiger partial charge in [0.15, 0.2) is 0 Å². The highest BCUT2D eigenvalue weighted by atomic mass is 19.4. The number of aromatic nitrogens is 1. The van der Waals surface area contributed by atoms with Gasteiger partial charge in [-0.15, -0.1) is 0 Å². The number of amidine groups is 1. The van der Waals surface area contributed by atoms with E-state index >= 15 is 0 Å². The fraction of sp³-hybridized carbons (Fsp3) is 0.214. The molecular formula is C28H27F3N6O3. The minimum atomic E-state index is -4.64. The van der Waals surface area contributed by atoms with E-state index in [0.29, 0.717) is 41.7 Å². The molecule has 12 heteroatoms. The molecule has 2 aromatic carbocycles. The zero-order chi connectivity index (χ0) is 28.5. The van der Waals surface area contributed by atoms with E-state index in [0.717, 1.165) is 24.7 Å². The number of nitrogens with zero attached hydrogens (tertiary/aromatic N) is 2. The van der Waals surface area contributed by atoms with Gasteiger partial charge >= 0.3 is 6.18 Å². The molecular weight excluding hydrogens is 525 g/mol. The molecule has 1 aromatic heterocycles. The number of carbonyl (C=O) groups is 2. The molecule has 4 N–H and O–H groups in total. The van der Waals surface area contributed by atoms with Crippen LogP contribution in [-0.2, 0) is 11.0 Å². The van der Waals surface area contributed by atoms with Crippen LogP contribution in [0.4, 0.5) is 18.9 Å². The summed E-state index contributed by atoms with van der Waals surface area (Å²) in [5.74, 6) is 0.423. The summed E-state index contributed by atoms with van der Waals surface area (Å²) in [6.45, 7) is 2.07. The second kappa shape index (κ2) is 12.9. The number of hydrogen-bond acceptors (Lipinski definition) is 7. The third-order valence-corrected chi connectivity index (χ3v) is 5.68. The largest absolute Gasteiger partial charge is 0.457 e. The van der Waals surface area contributed by atoms with E-state index in [-0.39, 0.29) is 17.8 Å². The van der Waals surface area contributed by atoms with Crippen molar-refractivity contribution in [1.82, 2.24) is 20.9 Å². The summed E-state index contributed by atoms with van der Waals surface area (Å²) in [7, 11) is 1.68. The van der Waals surface area contributed by atoms with Crippen LogP contribution in [0, 0.1) is 0 Å². The molecule has 0 aliphatic carbocycles. The van der Waals surface area contributed by atoms with Gasteiger partial charge in [0, 0.05) is 38.0 Å². The van der Waals surface area contributed by atoms with Gasteiger partial charge in [0.2, 0.25) is 5.91 Å². The Morgan fingerprint density at radius 3 is 2.65 bits per heavy atom. The molecule has 0 saturated heterocycles. The highest BCUT2D eigenvalue weighted by Gasteiger charge is 2.32. The van der Waals surface area contributed by atoms with Crippen molar-refractivity contribution in [3.63, 3.8) is 0 Å².